The number of esters is 2. The van der Waals surface area contributed by atoms with Gasteiger partial charge in [-0.25, -0.2) is 0 Å². The molecule has 0 aliphatic rings. The van der Waals surface area contributed by atoms with Gasteiger partial charge in [0.05, 0.1) is 6.61 Å². The molecule has 0 spiro atoms. The van der Waals surface area contributed by atoms with E-state index in [2.05, 4.69) is 32.6 Å². The lowest BCUT2D eigenvalue weighted by molar-refractivity contribution is -0.151. The molecule has 0 fully saturated rings. The molecule has 1 N–H and O–H groups in total. The minimum absolute atomic E-state index is 0.00488. The summed E-state index contributed by atoms with van der Waals surface area (Å²) < 4.78 is 12.0. The average Bonchev–Trinajstić information content (AvgIpc) is 3.15. The van der Waals surface area contributed by atoms with Gasteiger partial charge in [0.15, 0.2) is 0 Å². The number of rotatable bonds is 43. The summed E-state index contributed by atoms with van der Waals surface area (Å²) in [6, 6.07) is 0. The molecule has 0 aliphatic heterocycles. The second-order valence-electron chi connectivity index (χ2n) is 16.3. The van der Waals surface area contributed by atoms with Crippen molar-refractivity contribution in [3.05, 3.63) is 0 Å². The average molecular weight is 752 g/mol. The topological polar surface area (TPSA) is 76.1 Å². The van der Waals surface area contributed by atoms with Crippen LogP contribution in [0.1, 0.15) is 252 Å². The first kappa shape index (κ1) is 51.9. The second kappa shape index (κ2) is 42.0. The smallest absolute Gasteiger partial charge is 0.306 e. The van der Waals surface area contributed by atoms with Crippen molar-refractivity contribution in [2.75, 3.05) is 26.2 Å². The van der Waals surface area contributed by atoms with Crippen LogP contribution in [0.15, 0.2) is 0 Å². The Morgan fingerprint density at radius 3 is 1.06 bits per heavy atom. The van der Waals surface area contributed by atoms with Crippen molar-refractivity contribution >= 4 is 11.9 Å². The molecule has 0 aromatic rings. The summed E-state index contributed by atoms with van der Waals surface area (Å²) in [5, 5.41) is 9.63. The fourth-order valence-corrected chi connectivity index (χ4v) is 7.49. The number of carbonyl (C=O) groups excluding carboxylic acids is 2. The van der Waals surface area contributed by atoms with Crippen molar-refractivity contribution in [3.63, 3.8) is 0 Å². The van der Waals surface area contributed by atoms with Gasteiger partial charge in [0, 0.05) is 19.4 Å². The number of nitrogens with zero attached hydrogens (tertiary/aromatic N) is 1. The molecule has 0 rings (SSSR count). The van der Waals surface area contributed by atoms with E-state index in [1.165, 1.54) is 128 Å². The van der Waals surface area contributed by atoms with Gasteiger partial charge in [0.1, 0.15) is 12.2 Å². The molecule has 0 saturated carbocycles. The van der Waals surface area contributed by atoms with Crippen molar-refractivity contribution in [1.29, 1.82) is 0 Å². The molecule has 6 nitrogen and oxygen atoms in total. The summed E-state index contributed by atoms with van der Waals surface area (Å²) >= 11 is 0. The first-order valence-electron chi connectivity index (χ1n) is 23.7. The van der Waals surface area contributed by atoms with Crippen LogP contribution in [0.25, 0.3) is 0 Å². The van der Waals surface area contributed by atoms with E-state index in [4.69, 9.17) is 9.47 Å². The van der Waals surface area contributed by atoms with E-state index in [1.54, 1.807) is 0 Å². The van der Waals surface area contributed by atoms with Crippen LogP contribution in [0.4, 0.5) is 0 Å². The number of hydrogen-bond acceptors (Lipinski definition) is 6. The SMILES string of the molecule is CCCCCCCCC(CCCCCCCC)OC(=O)CCCCCCCN(CCO)CCCCC(=O)OC(CCCCCC)CCCCCCCC. The molecule has 0 aliphatic carbocycles. The molecule has 1 atom stereocenters. The zero-order chi connectivity index (χ0) is 38.9. The van der Waals surface area contributed by atoms with E-state index in [1.807, 2.05) is 0 Å². The number of aliphatic hydroxyl groups excluding tert-OH is 1. The van der Waals surface area contributed by atoms with Crippen LogP contribution >= 0.6 is 0 Å². The summed E-state index contributed by atoms with van der Waals surface area (Å²) in [6.07, 6.45) is 40.3. The maximum absolute atomic E-state index is 12.7. The largest absolute Gasteiger partial charge is 0.462 e. The third kappa shape index (κ3) is 37.6. The van der Waals surface area contributed by atoms with Gasteiger partial charge in [-0.2, -0.15) is 0 Å². The number of unbranched alkanes of at least 4 members (excludes halogenated alkanes) is 23. The maximum Gasteiger partial charge on any atom is 0.306 e. The molecule has 0 saturated heterocycles. The van der Waals surface area contributed by atoms with Crippen molar-refractivity contribution in [3.8, 4) is 0 Å². The van der Waals surface area contributed by atoms with E-state index >= 15 is 0 Å². The highest BCUT2D eigenvalue weighted by molar-refractivity contribution is 5.69. The van der Waals surface area contributed by atoms with Gasteiger partial charge < -0.3 is 19.5 Å². The standard InChI is InChI=1S/C47H93NO5/c1-5-9-13-17-21-27-35-44(34-26-16-12-8-4)53-47(51)39-31-33-41-48(42-43-49)40-32-25-20-24-30-38-46(50)52-45(36-28-22-18-14-10-6-2)37-29-23-19-15-11-7-3/h44-45,49H,5-43H2,1-4H3. The van der Waals surface area contributed by atoms with Gasteiger partial charge in [0.2, 0.25) is 0 Å². The molecule has 6 heteroatoms. The summed E-state index contributed by atoms with van der Waals surface area (Å²) in [5.74, 6) is -0.0227. The van der Waals surface area contributed by atoms with Crippen molar-refractivity contribution in [1.82, 2.24) is 4.90 Å². The van der Waals surface area contributed by atoms with Gasteiger partial charge in [-0.15, -0.1) is 0 Å². The highest BCUT2D eigenvalue weighted by Gasteiger charge is 2.16. The highest BCUT2D eigenvalue weighted by atomic mass is 16.5. The maximum atomic E-state index is 12.7. The Balaban J connectivity index is 4.29. The molecule has 1 unspecified atom stereocenters. The number of aliphatic hydroxyl groups is 1. The molecular weight excluding hydrogens is 659 g/mol. The number of carbonyl (C=O) groups is 2. The summed E-state index contributed by atoms with van der Waals surface area (Å²) in [5.41, 5.74) is 0. The van der Waals surface area contributed by atoms with E-state index in [9.17, 15) is 14.7 Å². The zero-order valence-corrected chi connectivity index (χ0v) is 36.3. The monoisotopic (exact) mass is 752 g/mol. The normalized spacial score (nSPS) is 12.2. The van der Waals surface area contributed by atoms with Crippen LogP contribution in [-0.4, -0.2) is 60.4 Å². The second-order valence-corrected chi connectivity index (χ2v) is 16.3. The van der Waals surface area contributed by atoms with Crippen LogP contribution in [0, 0.1) is 0 Å². The Morgan fingerprint density at radius 2 is 0.679 bits per heavy atom. The van der Waals surface area contributed by atoms with E-state index in [0.29, 0.717) is 19.4 Å². The molecule has 0 bridgehead atoms. The molecule has 0 aromatic heterocycles. The summed E-state index contributed by atoms with van der Waals surface area (Å²) in [4.78, 5) is 27.8. The lowest BCUT2D eigenvalue weighted by Crippen LogP contribution is -2.29. The van der Waals surface area contributed by atoms with Gasteiger partial charge in [-0.1, -0.05) is 163 Å². The fourth-order valence-electron chi connectivity index (χ4n) is 7.49. The Kier molecular flexibility index (Phi) is 41.1. The third-order valence-electron chi connectivity index (χ3n) is 11.0. The van der Waals surface area contributed by atoms with Gasteiger partial charge in [-0.3, -0.25) is 9.59 Å². The Bertz CT molecular complexity index is 745. The molecule has 316 valence electrons. The summed E-state index contributed by atoms with van der Waals surface area (Å²) in [7, 11) is 0. The lowest BCUT2D eigenvalue weighted by Gasteiger charge is -2.21. The first-order chi connectivity index (χ1) is 26.0. The van der Waals surface area contributed by atoms with Crippen LogP contribution in [-0.2, 0) is 19.1 Å². The lowest BCUT2D eigenvalue weighted by atomic mass is 10.0. The van der Waals surface area contributed by atoms with Crippen LogP contribution in [0.3, 0.4) is 0 Å². The molecule has 0 radical (unpaired) electrons. The minimum atomic E-state index is -0.0276. The molecule has 0 amide bonds. The Labute approximate surface area is 331 Å². The van der Waals surface area contributed by atoms with Gasteiger partial charge in [0.25, 0.3) is 0 Å². The predicted octanol–water partition coefficient (Wildman–Crippen LogP) is 13.8. The highest BCUT2D eigenvalue weighted by Crippen LogP contribution is 2.20. The molecule has 53 heavy (non-hydrogen) atoms. The van der Waals surface area contributed by atoms with E-state index in [-0.39, 0.29) is 30.8 Å². The van der Waals surface area contributed by atoms with Crippen LogP contribution in [0.2, 0.25) is 0 Å². The summed E-state index contributed by atoms with van der Waals surface area (Å²) in [6.45, 7) is 11.8. The minimum Gasteiger partial charge on any atom is -0.462 e. The predicted molar refractivity (Wildman–Crippen MR) is 228 cm³/mol. The van der Waals surface area contributed by atoms with E-state index < -0.39 is 0 Å². The Morgan fingerprint density at radius 1 is 0.396 bits per heavy atom. The quantitative estimate of drug-likeness (QED) is 0.0494. The zero-order valence-electron chi connectivity index (χ0n) is 36.3. The molecule has 0 heterocycles. The third-order valence-corrected chi connectivity index (χ3v) is 11.0. The van der Waals surface area contributed by atoms with Gasteiger partial charge >= 0.3 is 11.9 Å². The first-order valence-corrected chi connectivity index (χ1v) is 23.7. The Hall–Kier alpha value is -1.14. The number of ether oxygens (including phenoxy) is 2. The number of hydrogen-bond donors (Lipinski definition) is 1. The van der Waals surface area contributed by atoms with Crippen LogP contribution in [0.5, 0.6) is 0 Å². The van der Waals surface area contributed by atoms with Crippen molar-refractivity contribution in [2.45, 2.75) is 265 Å². The van der Waals surface area contributed by atoms with E-state index in [0.717, 1.165) is 96.6 Å². The molecule has 0 aromatic carbocycles. The van der Waals surface area contributed by atoms with Crippen LogP contribution < -0.4 is 0 Å². The van der Waals surface area contributed by atoms with Gasteiger partial charge in [-0.05, 0) is 90.1 Å². The van der Waals surface area contributed by atoms with Crippen molar-refractivity contribution in [2.24, 2.45) is 0 Å². The fraction of sp³-hybridized carbons (Fsp3) is 0.957. The van der Waals surface area contributed by atoms with Crippen molar-refractivity contribution < 1.29 is 24.2 Å². The molecular formula is C47H93NO5.